The zero-order valence-corrected chi connectivity index (χ0v) is 34.6. The van der Waals surface area contributed by atoms with Crippen molar-refractivity contribution in [1.82, 2.24) is 0 Å². The van der Waals surface area contributed by atoms with Gasteiger partial charge in [-0.1, -0.05) is 35.5 Å². The summed E-state index contributed by atoms with van der Waals surface area (Å²) in [4.78, 5) is 50.5. The topological polar surface area (TPSA) is 186 Å². The van der Waals surface area contributed by atoms with Crippen LogP contribution in [-0.4, -0.2) is 66.5 Å². The predicted molar refractivity (Wildman–Crippen MR) is 217 cm³/mol. The lowest BCUT2D eigenvalue weighted by atomic mass is 9.60. The number of ketones is 1. The normalized spacial score (nSPS) is 24.8. The number of benzene rings is 2. The number of carboxylic acids is 2. The molecule has 6 rings (SSSR count). The average Bonchev–Trinajstić information content (AvgIpc) is 3.33. The lowest BCUT2D eigenvalue weighted by molar-refractivity contribution is -0.184. The molecule has 4 atom stereocenters. The fraction of sp³-hybridized carbons (Fsp3) is 0.435. The number of carbonyl (C=O) groups is 4. The SMILES string of the molecule is CC(=O)Oc1ccc(O)cc1.CC(C)=CCCC1(C)C=Cc2c(O)c3c(c(CC=C(C)C)c2O1)OC12C(=CCCC1C(C)(C)OC2(CC=C(C)C(=O)O)C(=O)O)C3=O. The number of ether oxygens (including phenoxy) is 4. The molecule has 4 N–H and O–H groups in total. The number of Topliss-reactive ketones (excluding diaryl/α,β-unsaturated/α-hetero) is 1. The number of rotatable bonds is 10. The molecule has 1 fully saturated rings. The molecule has 1 spiro atoms. The van der Waals surface area contributed by atoms with Crippen LogP contribution in [0.25, 0.3) is 6.08 Å². The van der Waals surface area contributed by atoms with Gasteiger partial charge < -0.3 is 39.4 Å². The molecule has 2 aromatic rings. The van der Waals surface area contributed by atoms with Crippen LogP contribution in [0.1, 0.15) is 116 Å². The molecule has 0 radical (unpaired) electrons. The first kappa shape index (κ1) is 43.5. The zero-order valence-electron chi connectivity index (χ0n) is 34.6. The van der Waals surface area contributed by atoms with Gasteiger partial charge in [-0.3, -0.25) is 9.59 Å². The Balaban J connectivity index is 0.000000503. The van der Waals surface area contributed by atoms with Gasteiger partial charge >= 0.3 is 17.9 Å². The van der Waals surface area contributed by atoms with E-state index in [1.54, 1.807) is 26.0 Å². The van der Waals surface area contributed by atoms with Crippen molar-refractivity contribution in [2.45, 2.75) is 123 Å². The molecule has 58 heavy (non-hydrogen) atoms. The summed E-state index contributed by atoms with van der Waals surface area (Å²) < 4.78 is 25.0. The Kier molecular flexibility index (Phi) is 12.2. The van der Waals surface area contributed by atoms with E-state index in [1.807, 2.05) is 46.8 Å². The molecule has 12 heteroatoms. The van der Waals surface area contributed by atoms with Crippen molar-refractivity contribution in [1.29, 1.82) is 0 Å². The van der Waals surface area contributed by atoms with E-state index in [0.29, 0.717) is 48.3 Å². The average molecular weight is 799 g/mol. The van der Waals surface area contributed by atoms with Crippen LogP contribution in [0.3, 0.4) is 0 Å². The highest BCUT2D eigenvalue weighted by Crippen LogP contribution is 2.64. The van der Waals surface area contributed by atoms with Gasteiger partial charge in [0, 0.05) is 36.0 Å². The van der Waals surface area contributed by atoms with Crippen LogP contribution >= 0.6 is 0 Å². The highest BCUT2D eigenvalue weighted by molar-refractivity contribution is 6.17. The van der Waals surface area contributed by atoms with E-state index in [9.17, 15) is 34.5 Å². The third kappa shape index (κ3) is 8.07. The van der Waals surface area contributed by atoms with Gasteiger partial charge in [0.2, 0.25) is 5.60 Å². The molecule has 3 aliphatic heterocycles. The van der Waals surface area contributed by atoms with E-state index >= 15 is 0 Å². The number of carboxylic acid groups (broad SMARTS) is 2. The standard InChI is InChI=1S/C38H46O9.C8H8O3/c1-21(2)11-10-18-36(8)19-17-24-29(39)28-30(40)26-12-9-13-27-35(6,7)47-37(34(43)44,20-16-23(5)33(41)42)38(26,27)46-32(28)25(31(24)45-36)15-14-22(3)4;1-6(9)11-8-4-2-7(10)3-5-8/h11-12,14,16-17,19,27,39H,9-10,13,15,18,20H2,1-8H3,(H,41,42)(H,43,44);2-5,10H,1H3. The van der Waals surface area contributed by atoms with E-state index in [4.69, 9.17) is 24.1 Å². The van der Waals surface area contributed by atoms with Crippen molar-refractivity contribution >= 4 is 29.8 Å². The van der Waals surface area contributed by atoms with Gasteiger partial charge in [-0.15, -0.1) is 0 Å². The highest BCUT2D eigenvalue weighted by Gasteiger charge is 2.77. The maximum Gasteiger partial charge on any atom is 0.340 e. The summed E-state index contributed by atoms with van der Waals surface area (Å²) in [5, 5.41) is 41.3. The van der Waals surface area contributed by atoms with Gasteiger partial charge in [-0.25, -0.2) is 9.59 Å². The Labute approximate surface area is 339 Å². The fourth-order valence-electron chi connectivity index (χ4n) is 8.34. The number of hydrogen-bond donors (Lipinski definition) is 4. The van der Waals surface area contributed by atoms with E-state index in [1.165, 1.54) is 49.8 Å². The van der Waals surface area contributed by atoms with Crippen LogP contribution in [0.4, 0.5) is 0 Å². The molecule has 0 amide bonds. The van der Waals surface area contributed by atoms with Crippen molar-refractivity contribution in [2.75, 3.05) is 0 Å². The summed E-state index contributed by atoms with van der Waals surface area (Å²) in [6.07, 6.45) is 13.1. The first-order valence-corrected chi connectivity index (χ1v) is 19.4. The molecule has 4 unspecified atom stereocenters. The molecule has 0 aromatic heterocycles. The molecule has 4 aliphatic rings. The van der Waals surface area contributed by atoms with Gasteiger partial charge in [0.25, 0.3) is 0 Å². The Hall–Kier alpha value is -5.62. The molecule has 2 aromatic carbocycles. The van der Waals surface area contributed by atoms with Gasteiger partial charge in [0.05, 0.1) is 11.2 Å². The van der Waals surface area contributed by atoms with Gasteiger partial charge in [-0.2, -0.15) is 0 Å². The molecular weight excluding hydrogens is 744 g/mol. The second-order valence-corrected chi connectivity index (χ2v) is 16.6. The Morgan fingerprint density at radius 1 is 0.897 bits per heavy atom. The van der Waals surface area contributed by atoms with Gasteiger partial charge in [0.1, 0.15) is 39.9 Å². The van der Waals surface area contributed by atoms with Crippen LogP contribution in [0.2, 0.25) is 0 Å². The maximum absolute atomic E-state index is 14.7. The summed E-state index contributed by atoms with van der Waals surface area (Å²) in [6.45, 7) is 16.2. The Bertz CT molecular complexity index is 2160. The third-order valence-corrected chi connectivity index (χ3v) is 11.1. The minimum absolute atomic E-state index is 0.0407. The summed E-state index contributed by atoms with van der Waals surface area (Å²) in [7, 11) is 0. The number of esters is 1. The molecule has 0 bridgehead atoms. The summed E-state index contributed by atoms with van der Waals surface area (Å²) in [5.74, 6) is -3.30. The maximum atomic E-state index is 14.7. The lowest BCUT2D eigenvalue weighted by Gasteiger charge is -2.50. The molecule has 1 aliphatic carbocycles. The number of aliphatic carboxylic acids is 2. The van der Waals surface area contributed by atoms with Crippen LogP contribution < -0.4 is 14.2 Å². The number of hydrogen-bond acceptors (Lipinski definition) is 10. The molecular formula is C46H54O12. The van der Waals surface area contributed by atoms with E-state index in [2.05, 4.69) is 6.08 Å². The van der Waals surface area contributed by atoms with Crippen LogP contribution in [0, 0.1) is 5.92 Å². The van der Waals surface area contributed by atoms with Gasteiger partial charge in [0.15, 0.2) is 11.4 Å². The monoisotopic (exact) mass is 798 g/mol. The summed E-state index contributed by atoms with van der Waals surface area (Å²) in [5.41, 5.74) is -2.67. The molecule has 310 valence electrons. The summed E-state index contributed by atoms with van der Waals surface area (Å²) >= 11 is 0. The van der Waals surface area contributed by atoms with Crippen molar-refractivity contribution in [3.8, 4) is 28.7 Å². The third-order valence-electron chi connectivity index (χ3n) is 11.1. The second-order valence-electron chi connectivity index (χ2n) is 16.6. The number of phenolic OH excluding ortho intramolecular Hbond substituents is 2. The first-order valence-electron chi connectivity index (χ1n) is 19.4. The molecule has 3 heterocycles. The van der Waals surface area contributed by atoms with E-state index in [0.717, 1.165) is 12.0 Å². The van der Waals surface area contributed by atoms with Crippen LogP contribution in [-0.2, 0) is 25.5 Å². The zero-order chi connectivity index (χ0) is 43.0. The number of allylic oxidation sites excluding steroid dienone is 5. The van der Waals surface area contributed by atoms with E-state index in [-0.39, 0.29) is 46.3 Å². The van der Waals surface area contributed by atoms with E-state index < -0.39 is 46.0 Å². The minimum Gasteiger partial charge on any atom is -0.508 e. The quantitative estimate of drug-likeness (QED) is 0.0776. The predicted octanol–water partition coefficient (Wildman–Crippen LogP) is 8.83. The van der Waals surface area contributed by atoms with Crippen molar-refractivity contribution in [3.63, 3.8) is 0 Å². The van der Waals surface area contributed by atoms with Crippen molar-refractivity contribution in [3.05, 3.63) is 93.6 Å². The van der Waals surface area contributed by atoms with Crippen molar-refractivity contribution < 1.29 is 58.6 Å². The molecule has 1 saturated heterocycles. The molecule has 12 nitrogen and oxygen atoms in total. The van der Waals surface area contributed by atoms with Crippen molar-refractivity contribution in [2.24, 2.45) is 5.92 Å². The Morgan fingerprint density at radius 3 is 2.14 bits per heavy atom. The van der Waals surface area contributed by atoms with Crippen LogP contribution in [0.15, 0.2) is 76.9 Å². The number of carbonyl (C=O) groups excluding carboxylic acids is 2. The fourth-order valence-corrected chi connectivity index (χ4v) is 8.34. The van der Waals surface area contributed by atoms with Crippen LogP contribution in [0.5, 0.6) is 28.7 Å². The number of fused-ring (bicyclic) bond motifs is 2. The Morgan fingerprint density at radius 2 is 1.55 bits per heavy atom. The number of phenols is 2. The smallest absolute Gasteiger partial charge is 0.340 e. The number of aromatic hydroxyl groups is 2. The first-order chi connectivity index (χ1) is 27.1. The summed E-state index contributed by atoms with van der Waals surface area (Å²) in [6, 6.07) is 5.96. The largest absolute Gasteiger partial charge is 0.508 e. The second kappa shape index (κ2) is 16.3. The highest BCUT2D eigenvalue weighted by atomic mass is 16.6. The van der Waals surface area contributed by atoms with Gasteiger partial charge in [-0.05, 0) is 124 Å². The minimum atomic E-state index is -2.16. The molecule has 0 saturated carbocycles. The lowest BCUT2D eigenvalue weighted by Crippen LogP contribution is -2.66.